The molecule has 0 heterocycles. The van der Waals surface area contributed by atoms with Crippen LogP contribution >= 0.6 is 0 Å². The maximum atomic E-state index is 12.8. The van der Waals surface area contributed by atoms with Crippen LogP contribution in [0.4, 0.5) is 4.39 Å². The first-order valence-electron chi connectivity index (χ1n) is 6.20. The van der Waals surface area contributed by atoms with Crippen molar-refractivity contribution < 1.29 is 9.50 Å². The van der Waals surface area contributed by atoms with E-state index >= 15 is 0 Å². The van der Waals surface area contributed by atoms with Crippen molar-refractivity contribution in [3.8, 4) is 0 Å². The molecule has 0 bridgehead atoms. The van der Waals surface area contributed by atoms with Crippen molar-refractivity contribution >= 4 is 0 Å². The summed E-state index contributed by atoms with van der Waals surface area (Å²) >= 11 is 0. The van der Waals surface area contributed by atoms with E-state index in [9.17, 15) is 9.50 Å². The van der Waals surface area contributed by atoms with E-state index in [1.54, 1.807) is 12.1 Å². The lowest BCUT2D eigenvalue weighted by molar-refractivity contribution is 0.173. The van der Waals surface area contributed by atoms with E-state index in [1.165, 1.54) is 12.1 Å². The Morgan fingerprint density at radius 2 is 1.44 bits per heavy atom. The molecule has 0 aliphatic carbocycles. The third-order valence-corrected chi connectivity index (χ3v) is 3.07. The summed E-state index contributed by atoms with van der Waals surface area (Å²) in [5.74, 6) is -0.208. The van der Waals surface area contributed by atoms with Gasteiger partial charge in [-0.05, 0) is 41.7 Å². The van der Waals surface area contributed by atoms with Crippen molar-refractivity contribution in [3.05, 3.63) is 71.0 Å². The van der Waals surface area contributed by atoms with E-state index in [-0.39, 0.29) is 11.9 Å². The van der Waals surface area contributed by atoms with Crippen molar-refractivity contribution in [2.45, 2.75) is 25.9 Å². The summed E-state index contributed by atoms with van der Waals surface area (Å²) in [5, 5.41) is 9.70. The van der Waals surface area contributed by atoms with Gasteiger partial charge in [-0.2, -0.15) is 0 Å². The third-order valence-electron chi connectivity index (χ3n) is 3.07. The van der Waals surface area contributed by atoms with Crippen LogP contribution in [0.25, 0.3) is 0 Å². The smallest absolute Gasteiger partial charge is 0.123 e. The first-order chi connectivity index (χ1) is 8.69. The first-order valence-corrected chi connectivity index (χ1v) is 6.20. The molecule has 0 radical (unpaired) electrons. The van der Waals surface area contributed by atoms with Crippen LogP contribution in [0.3, 0.4) is 0 Å². The van der Waals surface area contributed by atoms with Gasteiger partial charge in [-0.1, -0.05) is 43.3 Å². The Labute approximate surface area is 107 Å². The van der Waals surface area contributed by atoms with Gasteiger partial charge in [0.25, 0.3) is 0 Å². The second-order valence-corrected chi connectivity index (χ2v) is 4.47. The number of halogens is 1. The Morgan fingerprint density at radius 1 is 0.944 bits per heavy atom. The molecule has 0 saturated carbocycles. The molecule has 18 heavy (non-hydrogen) atoms. The Bertz CT molecular complexity index is 488. The van der Waals surface area contributed by atoms with E-state index in [0.717, 1.165) is 29.5 Å². The van der Waals surface area contributed by atoms with E-state index < -0.39 is 0 Å². The number of benzene rings is 2. The SMILES string of the molecule is CC[C@H](O)c1ccc(Cc2ccc(F)cc2)cc1. The quantitative estimate of drug-likeness (QED) is 0.865. The van der Waals surface area contributed by atoms with Crippen LogP contribution in [0.5, 0.6) is 0 Å². The zero-order valence-corrected chi connectivity index (χ0v) is 10.4. The molecule has 2 rings (SSSR count). The van der Waals surface area contributed by atoms with Gasteiger partial charge in [-0.25, -0.2) is 4.39 Å². The lowest BCUT2D eigenvalue weighted by Crippen LogP contribution is -1.95. The molecule has 0 spiro atoms. The van der Waals surface area contributed by atoms with E-state index in [1.807, 2.05) is 31.2 Å². The van der Waals surface area contributed by atoms with Crippen molar-refractivity contribution in [2.24, 2.45) is 0 Å². The Morgan fingerprint density at radius 3 is 1.94 bits per heavy atom. The summed E-state index contributed by atoms with van der Waals surface area (Å²) < 4.78 is 12.8. The Kier molecular flexibility index (Phi) is 4.11. The van der Waals surface area contributed by atoms with Crippen LogP contribution < -0.4 is 0 Å². The summed E-state index contributed by atoms with van der Waals surface area (Å²) in [5.41, 5.74) is 3.19. The molecule has 1 N–H and O–H groups in total. The summed E-state index contributed by atoms with van der Waals surface area (Å²) in [6, 6.07) is 14.5. The molecule has 94 valence electrons. The van der Waals surface area contributed by atoms with Gasteiger partial charge in [0.05, 0.1) is 6.10 Å². The van der Waals surface area contributed by atoms with Gasteiger partial charge >= 0.3 is 0 Å². The summed E-state index contributed by atoms with van der Waals surface area (Å²) in [4.78, 5) is 0. The summed E-state index contributed by atoms with van der Waals surface area (Å²) in [6.07, 6.45) is 1.12. The highest BCUT2D eigenvalue weighted by atomic mass is 19.1. The lowest BCUT2D eigenvalue weighted by atomic mass is 10.0. The minimum absolute atomic E-state index is 0.208. The summed E-state index contributed by atoms with van der Waals surface area (Å²) in [7, 11) is 0. The molecular weight excluding hydrogens is 227 g/mol. The fourth-order valence-corrected chi connectivity index (χ4v) is 1.93. The molecule has 1 nitrogen and oxygen atoms in total. The van der Waals surface area contributed by atoms with Crippen LogP contribution in [0.15, 0.2) is 48.5 Å². The highest BCUT2D eigenvalue weighted by Crippen LogP contribution is 2.18. The normalized spacial score (nSPS) is 12.4. The number of aliphatic hydroxyl groups is 1. The molecule has 0 aromatic heterocycles. The monoisotopic (exact) mass is 244 g/mol. The molecule has 2 aromatic carbocycles. The number of hydrogen-bond donors (Lipinski definition) is 1. The zero-order chi connectivity index (χ0) is 13.0. The van der Waals surface area contributed by atoms with Gasteiger partial charge in [0, 0.05) is 0 Å². The predicted octanol–water partition coefficient (Wildman–Crippen LogP) is 3.86. The van der Waals surface area contributed by atoms with Crippen molar-refractivity contribution in [1.29, 1.82) is 0 Å². The second-order valence-electron chi connectivity index (χ2n) is 4.47. The molecule has 2 heteroatoms. The molecule has 2 aromatic rings. The average Bonchev–Trinajstić information content (AvgIpc) is 2.41. The Hall–Kier alpha value is -1.67. The molecular formula is C16H17FO. The fraction of sp³-hybridized carbons (Fsp3) is 0.250. The first kappa shape index (κ1) is 12.8. The van der Waals surface area contributed by atoms with Gasteiger partial charge in [0.2, 0.25) is 0 Å². The van der Waals surface area contributed by atoms with Crippen molar-refractivity contribution in [3.63, 3.8) is 0 Å². The predicted molar refractivity (Wildman–Crippen MR) is 70.9 cm³/mol. The lowest BCUT2D eigenvalue weighted by Gasteiger charge is -2.09. The molecule has 0 amide bonds. The van der Waals surface area contributed by atoms with Crippen molar-refractivity contribution in [2.75, 3.05) is 0 Å². The van der Waals surface area contributed by atoms with Crippen LogP contribution in [-0.2, 0) is 6.42 Å². The van der Waals surface area contributed by atoms with Crippen LogP contribution in [0.2, 0.25) is 0 Å². The Balaban J connectivity index is 2.08. The van der Waals surface area contributed by atoms with Gasteiger partial charge in [-0.15, -0.1) is 0 Å². The van der Waals surface area contributed by atoms with Gasteiger partial charge < -0.3 is 5.11 Å². The minimum Gasteiger partial charge on any atom is -0.388 e. The molecule has 0 aliphatic rings. The number of rotatable bonds is 4. The topological polar surface area (TPSA) is 20.2 Å². The highest BCUT2D eigenvalue weighted by Gasteiger charge is 2.04. The molecule has 1 atom stereocenters. The highest BCUT2D eigenvalue weighted by molar-refractivity contribution is 5.29. The van der Waals surface area contributed by atoms with Crippen LogP contribution in [0.1, 0.15) is 36.1 Å². The van der Waals surface area contributed by atoms with Gasteiger partial charge in [-0.3, -0.25) is 0 Å². The maximum Gasteiger partial charge on any atom is 0.123 e. The van der Waals surface area contributed by atoms with Gasteiger partial charge in [0.1, 0.15) is 5.82 Å². The molecule has 0 unspecified atom stereocenters. The third kappa shape index (κ3) is 3.17. The van der Waals surface area contributed by atoms with Gasteiger partial charge in [0.15, 0.2) is 0 Å². The molecule has 0 fully saturated rings. The maximum absolute atomic E-state index is 12.8. The standard InChI is InChI=1S/C16H17FO/c1-2-16(18)14-7-3-12(4-8-14)11-13-5-9-15(17)10-6-13/h3-10,16,18H,2,11H2,1H3/t16-/m0/s1. The minimum atomic E-state index is -0.384. The van der Waals surface area contributed by atoms with Crippen molar-refractivity contribution in [1.82, 2.24) is 0 Å². The van der Waals surface area contributed by atoms with E-state index in [2.05, 4.69) is 0 Å². The fourth-order valence-electron chi connectivity index (χ4n) is 1.93. The molecule has 0 saturated heterocycles. The summed E-state index contributed by atoms with van der Waals surface area (Å²) in [6.45, 7) is 1.96. The van der Waals surface area contributed by atoms with E-state index in [4.69, 9.17) is 0 Å². The van der Waals surface area contributed by atoms with Crippen LogP contribution in [0, 0.1) is 5.82 Å². The van der Waals surface area contributed by atoms with Crippen LogP contribution in [-0.4, -0.2) is 5.11 Å². The molecule has 0 aliphatic heterocycles. The number of hydrogen-bond acceptors (Lipinski definition) is 1. The zero-order valence-electron chi connectivity index (χ0n) is 10.4. The second kappa shape index (κ2) is 5.78. The average molecular weight is 244 g/mol. The number of aliphatic hydroxyl groups excluding tert-OH is 1. The largest absolute Gasteiger partial charge is 0.388 e. The van der Waals surface area contributed by atoms with E-state index in [0.29, 0.717) is 0 Å².